The van der Waals surface area contributed by atoms with Crippen LogP contribution in [0.2, 0.25) is 5.02 Å². The molecule has 0 amide bonds. The Morgan fingerprint density at radius 1 is 1.20 bits per heavy atom. The molecule has 2 aromatic rings. The number of alkyl halides is 1. The van der Waals surface area contributed by atoms with E-state index in [0.29, 0.717) is 5.88 Å². The lowest BCUT2D eigenvalue weighted by Crippen LogP contribution is -1.83. The molecule has 0 aromatic heterocycles. The highest BCUT2D eigenvalue weighted by Gasteiger charge is 2.04. The van der Waals surface area contributed by atoms with Crippen molar-refractivity contribution in [2.24, 2.45) is 0 Å². The van der Waals surface area contributed by atoms with Crippen molar-refractivity contribution in [3.8, 4) is 0 Å². The summed E-state index contributed by atoms with van der Waals surface area (Å²) in [6, 6.07) is 10.1. The van der Waals surface area contributed by atoms with E-state index in [2.05, 4.69) is 12.6 Å². The van der Waals surface area contributed by atoms with E-state index < -0.39 is 0 Å². The number of halogens is 2. The number of rotatable bonds is 2. The molecule has 0 spiro atoms. The monoisotopic (exact) mass is 236 g/mol. The molecule has 0 fully saturated rings. The Labute approximate surface area is 99.1 Å². The van der Waals surface area contributed by atoms with Crippen LogP contribution in [0.4, 0.5) is 0 Å². The first kappa shape index (κ1) is 10.5. The largest absolute Gasteiger partial charge is 0.121 e. The molecule has 0 aliphatic heterocycles. The molecule has 0 saturated carbocycles. The predicted octanol–water partition coefficient (Wildman–Crippen LogP) is 4.88. The zero-order chi connectivity index (χ0) is 10.8. The molecule has 76 valence electrons. The van der Waals surface area contributed by atoms with Crippen LogP contribution in [-0.4, -0.2) is 0 Å². The van der Waals surface area contributed by atoms with E-state index in [1.807, 2.05) is 30.3 Å². The van der Waals surface area contributed by atoms with Gasteiger partial charge in [0.25, 0.3) is 0 Å². The van der Waals surface area contributed by atoms with Gasteiger partial charge in [0.1, 0.15) is 0 Å². The van der Waals surface area contributed by atoms with E-state index in [4.69, 9.17) is 23.2 Å². The number of benzene rings is 2. The molecule has 0 aliphatic carbocycles. The molecule has 2 aromatic carbocycles. The quantitative estimate of drug-likeness (QED) is 0.653. The maximum Gasteiger partial charge on any atom is 0.0528 e. The van der Waals surface area contributed by atoms with Gasteiger partial charge >= 0.3 is 0 Å². The topological polar surface area (TPSA) is 0 Å². The van der Waals surface area contributed by atoms with E-state index in [1.165, 1.54) is 0 Å². The Balaban J connectivity index is 2.73. The van der Waals surface area contributed by atoms with Gasteiger partial charge in [-0.3, -0.25) is 0 Å². The van der Waals surface area contributed by atoms with E-state index in [1.54, 1.807) is 0 Å². The maximum atomic E-state index is 6.23. The molecule has 0 atom stereocenters. The van der Waals surface area contributed by atoms with Crippen LogP contribution in [0.3, 0.4) is 0 Å². The first-order valence-electron chi connectivity index (χ1n) is 4.66. The van der Waals surface area contributed by atoms with Crippen molar-refractivity contribution in [2.75, 3.05) is 0 Å². The molecule has 0 N–H and O–H groups in total. The van der Waals surface area contributed by atoms with Crippen molar-refractivity contribution in [1.82, 2.24) is 0 Å². The number of hydrogen-bond acceptors (Lipinski definition) is 0. The van der Waals surface area contributed by atoms with Gasteiger partial charge in [-0.15, -0.1) is 11.6 Å². The second-order valence-electron chi connectivity index (χ2n) is 3.36. The summed E-state index contributed by atoms with van der Waals surface area (Å²) in [6.45, 7) is 3.74. The van der Waals surface area contributed by atoms with Gasteiger partial charge < -0.3 is 0 Å². The van der Waals surface area contributed by atoms with Gasteiger partial charge in [0.15, 0.2) is 0 Å². The van der Waals surface area contributed by atoms with Crippen LogP contribution in [-0.2, 0) is 5.88 Å². The molecular weight excluding hydrogens is 227 g/mol. The van der Waals surface area contributed by atoms with Crippen molar-refractivity contribution in [3.63, 3.8) is 0 Å². The average Bonchev–Trinajstić information content (AvgIpc) is 2.29. The van der Waals surface area contributed by atoms with Gasteiger partial charge in [0.05, 0.1) is 5.02 Å². The highest BCUT2D eigenvalue weighted by molar-refractivity contribution is 6.37. The summed E-state index contributed by atoms with van der Waals surface area (Å²) in [5, 5.41) is 2.91. The molecule has 0 radical (unpaired) electrons. The molecular formula is C13H10Cl2. The molecule has 0 unspecified atom stereocenters. The lowest BCUT2D eigenvalue weighted by molar-refractivity contribution is 1.43. The van der Waals surface area contributed by atoms with Crippen LogP contribution < -0.4 is 0 Å². The van der Waals surface area contributed by atoms with Gasteiger partial charge in [-0.05, 0) is 22.6 Å². The molecule has 0 heterocycles. The summed E-state index contributed by atoms with van der Waals surface area (Å²) in [7, 11) is 0. The summed E-state index contributed by atoms with van der Waals surface area (Å²) in [5.41, 5.74) is 2.06. The fraction of sp³-hybridized carbons (Fsp3) is 0.0769. The SMILES string of the molecule is C=Cc1ccc2c(Cl)c(CCl)ccc2c1. The van der Waals surface area contributed by atoms with Gasteiger partial charge in [0, 0.05) is 11.3 Å². The van der Waals surface area contributed by atoms with Crippen LogP contribution in [0.25, 0.3) is 16.8 Å². The molecule has 0 aliphatic rings. The minimum atomic E-state index is 0.442. The van der Waals surface area contributed by atoms with Crippen LogP contribution in [0.15, 0.2) is 36.9 Å². The summed E-state index contributed by atoms with van der Waals surface area (Å²) >= 11 is 12.0. The molecule has 2 heteroatoms. The Hall–Kier alpha value is -0.980. The van der Waals surface area contributed by atoms with E-state index in [-0.39, 0.29) is 0 Å². The summed E-state index contributed by atoms with van der Waals surface area (Å²) in [5.74, 6) is 0.442. The first-order chi connectivity index (χ1) is 7.26. The van der Waals surface area contributed by atoms with Crippen molar-refractivity contribution in [2.45, 2.75) is 5.88 Å². The Morgan fingerprint density at radius 2 is 2.00 bits per heavy atom. The van der Waals surface area contributed by atoms with Gasteiger partial charge in [-0.1, -0.05) is 48.5 Å². The average molecular weight is 237 g/mol. The normalized spacial score (nSPS) is 10.5. The Bertz CT molecular complexity index is 515. The molecule has 0 nitrogen and oxygen atoms in total. The standard InChI is InChI=1S/C13H10Cl2/c1-2-9-3-6-12-10(7-9)4-5-11(8-14)13(12)15/h2-7H,1,8H2. The molecule has 0 bridgehead atoms. The number of hydrogen-bond donors (Lipinski definition) is 0. The third-order valence-electron chi connectivity index (χ3n) is 2.44. The van der Waals surface area contributed by atoms with Crippen LogP contribution >= 0.6 is 23.2 Å². The fourth-order valence-electron chi connectivity index (χ4n) is 1.59. The van der Waals surface area contributed by atoms with E-state index in [0.717, 1.165) is 26.9 Å². The first-order valence-corrected chi connectivity index (χ1v) is 5.57. The van der Waals surface area contributed by atoms with Crippen LogP contribution in [0.5, 0.6) is 0 Å². The minimum absolute atomic E-state index is 0.442. The highest BCUT2D eigenvalue weighted by Crippen LogP contribution is 2.29. The van der Waals surface area contributed by atoms with Gasteiger partial charge in [-0.2, -0.15) is 0 Å². The molecule has 0 saturated heterocycles. The predicted molar refractivity (Wildman–Crippen MR) is 68.6 cm³/mol. The van der Waals surface area contributed by atoms with E-state index in [9.17, 15) is 0 Å². The minimum Gasteiger partial charge on any atom is -0.121 e. The lowest BCUT2D eigenvalue weighted by Gasteiger charge is -2.05. The third-order valence-corrected chi connectivity index (χ3v) is 3.17. The highest BCUT2D eigenvalue weighted by atomic mass is 35.5. The van der Waals surface area contributed by atoms with Crippen molar-refractivity contribution in [3.05, 3.63) is 53.1 Å². The summed E-state index contributed by atoms with van der Waals surface area (Å²) in [6.07, 6.45) is 1.82. The Kier molecular flexibility index (Phi) is 2.99. The second-order valence-corrected chi connectivity index (χ2v) is 4.00. The van der Waals surface area contributed by atoms with E-state index >= 15 is 0 Å². The lowest BCUT2D eigenvalue weighted by atomic mass is 10.0. The van der Waals surface area contributed by atoms with Gasteiger partial charge in [0.2, 0.25) is 0 Å². The van der Waals surface area contributed by atoms with Crippen molar-refractivity contribution in [1.29, 1.82) is 0 Å². The maximum absolute atomic E-state index is 6.23. The van der Waals surface area contributed by atoms with Crippen LogP contribution in [0.1, 0.15) is 11.1 Å². The van der Waals surface area contributed by atoms with Gasteiger partial charge in [-0.25, -0.2) is 0 Å². The summed E-state index contributed by atoms with van der Waals surface area (Å²) in [4.78, 5) is 0. The smallest absolute Gasteiger partial charge is 0.0528 e. The number of fused-ring (bicyclic) bond motifs is 1. The third kappa shape index (κ3) is 1.88. The zero-order valence-corrected chi connectivity index (χ0v) is 9.65. The van der Waals surface area contributed by atoms with Crippen molar-refractivity contribution >= 4 is 40.1 Å². The molecule has 15 heavy (non-hydrogen) atoms. The zero-order valence-electron chi connectivity index (χ0n) is 8.13. The Morgan fingerprint density at radius 3 is 2.67 bits per heavy atom. The van der Waals surface area contributed by atoms with Crippen LogP contribution in [0, 0.1) is 0 Å². The van der Waals surface area contributed by atoms with Crippen molar-refractivity contribution < 1.29 is 0 Å². The second kappa shape index (κ2) is 4.26. The molecule has 2 rings (SSSR count). The summed E-state index contributed by atoms with van der Waals surface area (Å²) < 4.78 is 0. The fourth-order valence-corrected chi connectivity index (χ4v) is 2.18.